The Morgan fingerprint density at radius 3 is 2.70 bits per heavy atom. The van der Waals surface area contributed by atoms with Crippen LogP contribution in [0.2, 0.25) is 5.02 Å². The van der Waals surface area contributed by atoms with Crippen molar-refractivity contribution in [2.45, 2.75) is 30.7 Å². The van der Waals surface area contributed by atoms with Crippen LogP contribution in [0, 0.1) is 0 Å². The van der Waals surface area contributed by atoms with E-state index >= 15 is 0 Å². The van der Waals surface area contributed by atoms with E-state index in [-0.39, 0.29) is 17.3 Å². The second-order valence-electron chi connectivity index (χ2n) is 6.44. The van der Waals surface area contributed by atoms with Crippen molar-refractivity contribution in [3.05, 3.63) is 52.5 Å². The molecular weight excluding hydrogens is 388 g/mol. The molecule has 144 valence electrons. The number of methoxy groups -OCH3 is 1. The van der Waals surface area contributed by atoms with E-state index in [9.17, 15) is 13.2 Å². The van der Waals surface area contributed by atoms with Gasteiger partial charge in [0, 0.05) is 36.3 Å². The molecule has 0 spiro atoms. The molecule has 27 heavy (non-hydrogen) atoms. The molecule has 0 fully saturated rings. The summed E-state index contributed by atoms with van der Waals surface area (Å²) in [6.07, 6.45) is 1.78. The van der Waals surface area contributed by atoms with Gasteiger partial charge in [0.05, 0.1) is 12.0 Å². The number of carbonyl (C=O) groups excluding carboxylic acids is 1. The summed E-state index contributed by atoms with van der Waals surface area (Å²) < 4.78 is 32.6. The largest absolute Gasteiger partial charge is 0.496 e. The summed E-state index contributed by atoms with van der Waals surface area (Å²) in [5.74, 6) is 0.528. The monoisotopic (exact) mass is 408 g/mol. The SMILES string of the molecule is COc1ccc(Cl)cc1CN(C)S(=O)(=O)c1ccc2c(c1)CCCC(=O)N2. The molecule has 6 nitrogen and oxygen atoms in total. The molecule has 1 aliphatic heterocycles. The van der Waals surface area contributed by atoms with Crippen LogP contribution in [0.15, 0.2) is 41.3 Å². The molecule has 0 unspecified atom stereocenters. The summed E-state index contributed by atoms with van der Waals surface area (Å²) in [6, 6.07) is 9.91. The average Bonchev–Trinajstić information content (AvgIpc) is 2.81. The fourth-order valence-electron chi connectivity index (χ4n) is 3.09. The smallest absolute Gasteiger partial charge is 0.243 e. The highest BCUT2D eigenvalue weighted by molar-refractivity contribution is 7.89. The van der Waals surface area contributed by atoms with Gasteiger partial charge in [0.15, 0.2) is 0 Å². The molecule has 0 saturated carbocycles. The Labute approximate surface area is 164 Å². The number of hydrogen-bond acceptors (Lipinski definition) is 4. The number of sulfonamides is 1. The van der Waals surface area contributed by atoms with Crippen molar-refractivity contribution in [3.63, 3.8) is 0 Å². The second kappa shape index (κ2) is 7.88. The van der Waals surface area contributed by atoms with Gasteiger partial charge in [-0.05, 0) is 54.8 Å². The molecule has 0 aromatic heterocycles. The van der Waals surface area contributed by atoms with Crippen LogP contribution in [0.4, 0.5) is 5.69 Å². The Balaban J connectivity index is 1.89. The molecule has 3 rings (SSSR count). The van der Waals surface area contributed by atoms with Gasteiger partial charge in [-0.1, -0.05) is 11.6 Å². The average molecular weight is 409 g/mol. The van der Waals surface area contributed by atoms with Crippen molar-refractivity contribution in [2.24, 2.45) is 0 Å². The van der Waals surface area contributed by atoms with Gasteiger partial charge in [0.2, 0.25) is 15.9 Å². The molecular formula is C19H21ClN2O4S. The van der Waals surface area contributed by atoms with Gasteiger partial charge < -0.3 is 10.1 Å². The van der Waals surface area contributed by atoms with Crippen LogP contribution >= 0.6 is 11.6 Å². The number of amides is 1. The van der Waals surface area contributed by atoms with Crippen LogP contribution < -0.4 is 10.1 Å². The second-order valence-corrected chi connectivity index (χ2v) is 8.92. The Morgan fingerprint density at radius 2 is 1.96 bits per heavy atom. The molecule has 0 bridgehead atoms. The molecule has 0 saturated heterocycles. The fourth-order valence-corrected chi connectivity index (χ4v) is 4.48. The molecule has 2 aromatic rings. The summed E-state index contributed by atoms with van der Waals surface area (Å²) in [4.78, 5) is 11.9. The first-order chi connectivity index (χ1) is 12.8. The van der Waals surface area contributed by atoms with Crippen molar-refractivity contribution >= 4 is 33.2 Å². The third-order valence-corrected chi connectivity index (χ3v) is 6.58. The van der Waals surface area contributed by atoms with Crippen LogP contribution in [-0.4, -0.2) is 32.8 Å². The molecule has 0 radical (unpaired) electrons. The van der Waals surface area contributed by atoms with E-state index < -0.39 is 10.0 Å². The Hall–Kier alpha value is -2.09. The maximum atomic E-state index is 13.0. The van der Waals surface area contributed by atoms with Gasteiger partial charge >= 0.3 is 0 Å². The molecule has 0 atom stereocenters. The summed E-state index contributed by atoms with van der Waals surface area (Å²) in [7, 11) is -0.665. The lowest BCUT2D eigenvalue weighted by Crippen LogP contribution is -2.27. The lowest BCUT2D eigenvalue weighted by atomic mass is 10.1. The van der Waals surface area contributed by atoms with Crippen LogP contribution in [0.25, 0.3) is 0 Å². The number of rotatable bonds is 5. The first kappa shape index (κ1) is 19.7. The van der Waals surface area contributed by atoms with E-state index in [1.54, 1.807) is 30.3 Å². The Morgan fingerprint density at radius 1 is 1.19 bits per heavy atom. The number of ether oxygens (including phenoxy) is 1. The maximum absolute atomic E-state index is 13.0. The topological polar surface area (TPSA) is 75.7 Å². The van der Waals surface area contributed by atoms with Crippen LogP contribution in [0.5, 0.6) is 5.75 Å². The molecule has 1 heterocycles. The summed E-state index contributed by atoms with van der Waals surface area (Å²) in [6.45, 7) is 0.125. The fraction of sp³-hybridized carbons (Fsp3) is 0.316. The predicted molar refractivity (Wildman–Crippen MR) is 105 cm³/mol. The molecule has 2 aromatic carbocycles. The van der Waals surface area contributed by atoms with Gasteiger partial charge in [-0.25, -0.2) is 8.42 Å². The molecule has 1 N–H and O–H groups in total. The minimum Gasteiger partial charge on any atom is -0.496 e. The van der Waals surface area contributed by atoms with Crippen LogP contribution in [0.1, 0.15) is 24.0 Å². The van der Waals surface area contributed by atoms with E-state index in [0.29, 0.717) is 41.3 Å². The van der Waals surface area contributed by atoms with Crippen molar-refractivity contribution in [1.82, 2.24) is 4.31 Å². The molecule has 0 aliphatic carbocycles. The zero-order valence-electron chi connectivity index (χ0n) is 15.2. The van der Waals surface area contributed by atoms with Gasteiger partial charge in [-0.2, -0.15) is 4.31 Å². The van der Waals surface area contributed by atoms with Crippen molar-refractivity contribution in [3.8, 4) is 5.75 Å². The number of halogens is 1. The highest BCUT2D eigenvalue weighted by Gasteiger charge is 2.24. The zero-order chi connectivity index (χ0) is 19.6. The summed E-state index contributed by atoms with van der Waals surface area (Å²) in [5.41, 5.74) is 2.18. The molecule has 1 aliphatic rings. The van der Waals surface area contributed by atoms with Crippen LogP contribution in [0.3, 0.4) is 0 Å². The van der Waals surface area contributed by atoms with Gasteiger partial charge in [-0.15, -0.1) is 0 Å². The van der Waals surface area contributed by atoms with Crippen LogP contribution in [-0.2, 0) is 27.8 Å². The van der Waals surface area contributed by atoms with Crippen molar-refractivity contribution in [2.75, 3.05) is 19.5 Å². The normalized spacial score (nSPS) is 14.4. The first-order valence-corrected chi connectivity index (χ1v) is 10.3. The Bertz CT molecular complexity index is 976. The third kappa shape index (κ3) is 4.26. The number of nitrogens with zero attached hydrogens (tertiary/aromatic N) is 1. The number of carbonyl (C=O) groups is 1. The number of nitrogens with one attached hydrogen (secondary N) is 1. The molecule has 1 amide bonds. The number of aryl methyl sites for hydroxylation is 1. The van der Waals surface area contributed by atoms with E-state index in [4.69, 9.17) is 16.3 Å². The van der Waals surface area contributed by atoms with E-state index in [2.05, 4.69) is 5.32 Å². The van der Waals surface area contributed by atoms with Crippen molar-refractivity contribution in [1.29, 1.82) is 0 Å². The third-order valence-electron chi connectivity index (χ3n) is 4.54. The zero-order valence-corrected chi connectivity index (χ0v) is 16.7. The minimum absolute atomic E-state index is 0.0467. The minimum atomic E-state index is -3.71. The standard InChI is InChI=1S/C19H21ClN2O4S/c1-22(12-14-10-15(20)6-9-18(14)26-2)27(24,25)16-7-8-17-13(11-16)4-3-5-19(23)21-17/h6-11H,3-5,12H2,1-2H3,(H,21,23). The number of anilines is 1. The highest BCUT2D eigenvalue weighted by Crippen LogP contribution is 2.29. The summed E-state index contributed by atoms with van der Waals surface area (Å²) in [5, 5.41) is 3.32. The van der Waals surface area contributed by atoms with Gasteiger partial charge in [0.25, 0.3) is 0 Å². The quantitative estimate of drug-likeness (QED) is 0.822. The van der Waals surface area contributed by atoms with E-state index in [1.807, 2.05) is 0 Å². The highest BCUT2D eigenvalue weighted by atomic mass is 35.5. The van der Waals surface area contributed by atoms with E-state index in [1.165, 1.54) is 24.5 Å². The molecule has 8 heteroatoms. The Kier molecular flexibility index (Phi) is 5.74. The predicted octanol–water partition coefficient (Wildman–Crippen LogP) is 3.44. The van der Waals surface area contributed by atoms with Gasteiger partial charge in [-0.3, -0.25) is 4.79 Å². The maximum Gasteiger partial charge on any atom is 0.243 e. The first-order valence-electron chi connectivity index (χ1n) is 8.53. The van der Waals surface area contributed by atoms with Gasteiger partial charge in [0.1, 0.15) is 5.75 Å². The number of fused-ring (bicyclic) bond motifs is 1. The number of benzene rings is 2. The van der Waals surface area contributed by atoms with E-state index in [0.717, 1.165) is 5.56 Å². The lowest BCUT2D eigenvalue weighted by Gasteiger charge is -2.20. The number of hydrogen-bond donors (Lipinski definition) is 1. The van der Waals surface area contributed by atoms with Crippen molar-refractivity contribution < 1.29 is 17.9 Å². The lowest BCUT2D eigenvalue weighted by molar-refractivity contribution is -0.116. The summed E-state index contributed by atoms with van der Waals surface area (Å²) >= 11 is 6.04.